The Morgan fingerprint density at radius 2 is 1.65 bits per heavy atom. The summed E-state index contributed by atoms with van der Waals surface area (Å²) in [6, 6.07) is 1.57. The van der Waals surface area contributed by atoms with Crippen molar-refractivity contribution in [3.05, 3.63) is 46.9 Å². The molecule has 0 amide bonds. The number of hydrogen-bond acceptors (Lipinski definition) is 4. The van der Waals surface area contributed by atoms with Gasteiger partial charge in [0.05, 0.1) is 0 Å². The van der Waals surface area contributed by atoms with Crippen molar-refractivity contribution in [1.29, 1.82) is 0 Å². The van der Waals surface area contributed by atoms with Crippen LogP contribution in [0.3, 0.4) is 0 Å². The number of nitrogens with zero attached hydrogens (tertiary/aromatic N) is 2. The first kappa shape index (κ1) is 14.0. The summed E-state index contributed by atoms with van der Waals surface area (Å²) in [6.45, 7) is 1.15. The van der Waals surface area contributed by atoms with Crippen LogP contribution < -0.4 is 10.5 Å². The van der Waals surface area contributed by atoms with E-state index in [1.54, 1.807) is 6.92 Å². The number of aryl methyl sites for hydroxylation is 1. The predicted molar refractivity (Wildman–Crippen MR) is 61.8 cm³/mol. The second-order valence-electron chi connectivity index (χ2n) is 3.94. The molecule has 1 heterocycles. The molecule has 4 nitrogen and oxygen atoms in total. The van der Waals surface area contributed by atoms with Gasteiger partial charge in [0.25, 0.3) is 0 Å². The van der Waals surface area contributed by atoms with E-state index in [4.69, 9.17) is 10.5 Å². The maximum atomic E-state index is 13.3. The van der Waals surface area contributed by atoms with Gasteiger partial charge in [0.1, 0.15) is 12.4 Å². The van der Waals surface area contributed by atoms with Crippen molar-refractivity contribution >= 4 is 5.82 Å². The largest absolute Gasteiger partial charge is 0.479 e. The lowest BCUT2D eigenvalue weighted by Gasteiger charge is -2.09. The van der Waals surface area contributed by atoms with Crippen molar-refractivity contribution in [3.63, 3.8) is 0 Å². The first-order valence-corrected chi connectivity index (χ1v) is 5.44. The van der Waals surface area contributed by atoms with Crippen LogP contribution in [0.1, 0.15) is 11.5 Å². The molecule has 0 bridgehead atoms. The van der Waals surface area contributed by atoms with Gasteiger partial charge in [0.2, 0.25) is 11.6 Å². The topological polar surface area (TPSA) is 61.0 Å². The number of ether oxygens (including phenoxy) is 1. The van der Waals surface area contributed by atoms with Gasteiger partial charge in [-0.15, -0.1) is 0 Å². The molecule has 0 saturated carbocycles. The summed E-state index contributed by atoms with van der Waals surface area (Å²) in [6.07, 6.45) is 0. The van der Waals surface area contributed by atoms with E-state index >= 15 is 0 Å². The minimum absolute atomic E-state index is 0.0333. The van der Waals surface area contributed by atoms with Crippen molar-refractivity contribution in [3.8, 4) is 5.75 Å². The standard InChI is InChI=1S/C12H9F4N3O/c1-5-2-8(17)19-9(18-5)4-20-12-10(15)6(13)3-7(14)11(12)16/h2-3H,4H2,1H3,(H2,17,18,19). The van der Waals surface area contributed by atoms with Crippen molar-refractivity contribution < 1.29 is 22.3 Å². The minimum atomic E-state index is -1.62. The maximum absolute atomic E-state index is 13.3. The SMILES string of the molecule is Cc1cc(N)nc(COc2c(F)c(F)cc(F)c2F)n1. The van der Waals surface area contributed by atoms with Crippen LogP contribution >= 0.6 is 0 Å². The molecule has 1 aromatic heterocycles. The molecule has 106 valence electrons. The van der Waals surface area contributed by atoms with Gasteiger partial charge in [0, 0.05) is 17.8 Å². The molecule has 2 N–H and O–H groups in total. The van der Waals surface area contributed by atoms with E-state index in [1.807, 2.05) is 0 Å². The summed E-state index contributed by atoms with van der Waals surface area (Å²) >= 11 is 0. The molecule has 0 aliphatic heterocycles. The molecular weight excluding hydrogens is 278 g/mol. The third kappa shape index (κ3) is 2.79. The van der Waals surface area contributed by atoms with Gasteiger partial charge < -0.3 is 10.5 Å². The molecule has 1 aromatic carbocycles. The highest BCUT2D eigenvalue weighted by atomic mass is 19.2. The van der Waals surface area contributed by atoms with E-state index in [1.165, 1.54) is 6.07 Å². The van der Waals surface area contributed by atoms with E-state index in [2.05, 4.69) is 9.97 Å². The number of halogens is 4. The second-order valence-corrected chi connectivity index (χ2v) is 3.94. The number of anilines is 1. The zero-order chi connectivity index (χ0) is 14.9. The van der Waals surface area contributed by atoms with Gasteiger partial charge in [-0.25, -0.2) is 18.7 Å². The summed E-state index contributed by atoms with van der Waals surface area (Å²) in [5.74, 6) is -7.33. The smallest absolute Gasteiger partial charge is 0.203 e. The number of nitrogens with two attached hydrogens (primary N) is 1. The third-order valence-corrected chi connectivity index (χ3v) is 2.34. The number of rotatable bonds is 3. The van der Waals surface area contributed by atoms with Gasteiger partial charge in [-0.1, -0.05) is 0 Å². The van der Waals surface area contributed by atoms with E-state index in [0.29, 0.717) is 5.69 Å². The second kappa shape index (κ2) is 5.32. The maximum Gasteiger partial charge on any atom is 0.203 e. The fraction of sp³-hybridized carbons (Fsp3) is 0.167. The highest BCUT2D eigenvalue weighted by Gasteiger charge is 2.20. The van der Waals surface area contributed by atoms with Gasteiger partial charge >= 0.3 is 0 Å². The molecule has 0 spiro atoms. The zero-order valence-corrected chi connectivity index (χ0v) is 10.3. The molecule has 2 aromatic rings. The van der Waals surface area contributed by atoms with Crippen LogP contribution in [0.2, 0.25) is 0 Å². The van der Waals surface area contributed by atoms with Gasteiger partial charge in [-0.3, -0.25) is 0 Å². The summed E-state index contributed by atoms with van der Waals surface area (Å²) in [5, 5.41) is 0. The lowest BCUT2D eigenvalue weighted by molar-refractivity contribution is 0.254. The lowest BCUT2D eigenvalue weighted by Crippen LogP contribution is -2.08. The number of nitrogen functional groups attached to an aromatic ring is 1. The molecule has 20 heavy (non-hydrogen) atoms. The molecule has 0 atom stereocenters. The van der Waals surface area contributed by atoms with Crippen LogP contribution in [0, 0.1) is 30.2 Å². The number of benzene rings is 1. The van der Waals surface area contributed by atoms with Crippen molar-refractivity contribution in [2.24, 2.45) is 0 Å². The van der Waals surface area contributed by atoms with Gasteiger partial charge in [0.15, 0.2) is 23.2 Å². The monoisotopic (exact) mass is 287 g/mol. The summed E-state index contributed by atoms with van der Waals surface area (Å²) in [7, 11) is 0. The van der Waals surface area contributed by atoms with E-state index in [-0.39, 0.29) is 17.7 Å². The first-order valence-electron chi connectivity index (χ1n) is 5.44. The lowest BCUT2D eigenvalue weighted by atomic mass is 10.3. The zero-order valence-electron chi connectivity index (χ0n) is 10.3. The quantitative estimate of drug-likeness (QED) is 0.696. The Kier molecular flexibility index (Phi) is 3.73. The Labute approximate surface area is 111 Å². The highest BCUT2D eigenvalue weighted by molar-refractivity contribution is 5.30. The van der Waals surface area contributed by atoms with Crippen LogP contribution in [0.25, 0.3) is 0 Å². The first-order chi connectivity index (χ1) is 9.38. The normalized spacial score (nSPS) is 10.7. The average molecular weight is 287 g/mol. The van der Waals surface area contributed by atoms with Crippen molar-refractivity contribution in [2.75, 3.05) is 5.73 Å². The molecule has 0 fully saturated rings. The Morgan fingerprint density at radius 3 is 2.20 bits per heavy atom. The number of aromatic nitrogens is 2. The van der Waals surface area contributed by atoms with Gasteiger partial charge in [-0.05, 0) is 6.92 Å². The highest BCUT2D eigenvalue weighted by Crippen LogP contribution is 2.26. The van der Waals surface area contributed by atoms with Gasteiger partial charge in [-0.2, -0.15) is 8.78 Å². The fourth-order valence-corrected chi connectivity index (χ4v) is 1.54. The van der Waals surface area contributed by atoms with E-state index in [9.17, 15) is 17.6 Å². The van der Waals surface area contributed by atoms with Crippen LogP contribution in [-0.4, -0.2) is 9.97 Å². The van der Waals surface area contributed by atoms with Crippen LogP contribution in [-0.2, 0) is 6.61 Å². The summed E-state index contributed by atoms with van der Waals surface area (Å²) in [5.41, 5.74) is 5.98. The Balaban J connectivity index is 2.27. The number of hydrogen-bond donors (Lipinski definition) is 1. The molecule has 0 aliphatic rings. The molecular formula is C12H9F4N3O. The van der Waals surface area contributed by atoms with Crippen molar-refractivity contribution in [2.45, 2.75) is 13.5 Å². The fourth-order valence-electron chi connectivity index (χ4n) is 1.54. The third-order valence-electron chi connectivity index (χ3n) is 2.34. The summed E-state index contributed by atoms with van der Waals surface area (Å²) in [4.78, 5) is 7.67. The molecule has 0 unspecified atom stereocenters. The molecule has 0 saturated heterocycles. The molecule has 0 aliphatic carbocycles. The minimum Gasteiger partial charge on any atom is -0.479 e. The predicted octanol–water partition coefficient (Wildman–Crippen LogP) is 2.50. The Bertz CT molecular complexity index is 617. The molecule has 8 heteroatoms. The van der Waals surface area contributed by atoms with Crippen LogP contribution in [0.15, 0.2) is 12.1 Å². The Morgan fingerprint density at radius 1 is 1.05 bits per heavy atom. The van der Waals surface area contributed by atoms with E-state index < -0.39 is 35.6 Å². The van der Waals surface area contributed by atoms with Crippen molar-refractivity contribution in [1.82, 2.24) is 9.97 Å². The van der Waals surface area contributed by atoms with Crippen LogP contribution in [0.4, 0.5) is 23.4 Å². The Hall–Kier alpha value is -2.38. The molecule has 2 rings (SSSR count). The molecule has 0 radical (unpaired) electrons. The summed E-state index contributed by atoms with van der Waals surface area (Å²) < 4.78 is 57.3. The average Bonchev–Trinajstić information content (AvgIpc) is 2.35. The van der Waals surface area contributed by atoms with E-state index in [0.717, 1.165) is 0 Å². The van der Waals surface area contributed by atoms with Crippen LogP contribution in [0.5, 0.6) is 5.75 Å².